The molecule has 0 atom stereocenters. The Hall–Kier alpha value is 0.0400. The van der Waals surface area contributed by atoms with Gasteiger partial charge in [0.15, 0.2) is 0 Å². The van der Waals surface area contributed by atoms with Crippen molar-refractivity contribution < 1.29 is 4.57 Å². The minimum atomic E-state index is -1.23. The predicted octanol–water partition coefficient (Wildman–Crippen LogP) is 0.716. The molecule has 0 aromatic heterocycles. The average molecular weight is 205 g/mol. The summed E-state index contributed by atoms with van der Waals surface area (Å²) in [6.45, 7) is 1.83. The van der Waals surface area contributed by atoms with Crippen molar-refractivity contribution in [3.63, 3.8) is 0 Å². The van der Waals surface area contributed by atoms with Gasteiger partial charge in [0.25, 0.3) is 0 Å². The molecule has 0 aliphatic carbocycles. The van der Waals surface area contributed by atoms with Crippen molar-refractivity contribution in [2.24, 2.45) is 0 Å². The fourth-order valence-corrected chi connectivity index (χ4v) is 3.21. The number of hydrazine groups is 2. The zero-order valence-electron chi connectivity index (χ0n) is 6.69. The van der Waals surface area contributed by atoms with Gasteiger partial charge < -0.3 is 9.99 Å². The van der Waals surface area contributed by atoms with E-state index >= 15 is 0 Å². The normalized spacial score (nSPS) is 27.7. The monoisotopic (exact) mass is 205 g/mol. The van der Waals surface area contributed by atoms with Gasteiger partial charge in [0, 0.05) is 37.0 Å². The maximum absolute atomic E-state index is 11.1. The molecule has 12 heavy (non-hydrogen) atoms. The van der Waals surface area contributed by atoms with Crippen LogP contribution in [0.4, 0.5) is 0 Å². The van der Waals surface area contributed by atoms with Crippen LogP contribution in [-0.4, -0.2) is 34.9 Å². The Balaban J connectivity index is 1.85. The lowest BCUT2D eigenvalue weighted by Crippen LogP contribution is -2.46. The van der Waals surface area contributed by atoms with Gasteiger partial charge in [0.05, 0.1) is 7.80 Å². The van der Waals surface area contributed by atoms with Gasteiger partial charge in [0.2, 0.25) is 0 Å². The zero-order valence-corrected chi connectivity index (χ0v) is 8.51. The fourth-order valence-electron chi connectivity index (χ4n) is 1.29. The number of hydrogen-bond acceptors (Lipinski definition) is 5. The molecule has 0 aromatic carbocycles. The number of nitrogens with one attached hydrogen (secondary N) is 1. The summed E-state index contributed by atoms with van der Waals surface area (Å²) in [5.74, 6) is 0. The Labute approximate surface area is 76.8 Å². The zero-order chi connectivity index (χ0) is 8.39. The predicted molar refractivity (Wildman–Crippen MR) is 52.0 cm³/mol. The van der Waals surface area contributed by atoms with Crippen LogP contribution >= 0.6 is 19.7 Å². The van der Waals surface area contributed by atoms with Crippen LogP contribution in [0.1, 0.15) is 0 Å². The first kappa shape index (κ1) is 8.63. The maximum Gasteiger partial charge on any atom is 0.0788 e. The van der Waals surface area contributed by atoms with Crippen molar-refractivity contribution >= 4 is 19.7 Å². The molecular formula is C6H12N3OPS. The van der Waals surface area contributed by atoms with Crippen LogP contribution in [0.5, 0.6) is 0 Å². The van der Waals surface area contributed by atoms with Crippen molar-refractivity contribution in [1.82, 2.24) is 15.0 Å². The first-order valence-corrected chi connectivity index (χ1v) is 6.67. The molecule has 2 heterocycles. The molecule has 4 nitrogen and oxygen atoms in total. The Morgan fingerprint density at radius 3 is 2.75 bits per heavy atom. The Kier molecular flexibility index (Phi) is 2.76. The van der Waals surface area contributed by atoms with Crippen molar-refractivity contribution in [1.29, 1.82) is 0 Å². The second-order valence-electron chi connectivity index (χ2n) is 2.80. The summed E-state index contributed by atoms with van der Waals surface area (Å²) in [5.41, 5.74) is 3.09. The highest BCUT2D eigenvalue weighted by Gasteiger charge is 2.21. The van der Waals surface area contributed by atoms with E-state index in [1.807, 2.05) is 16.1 Å². The van der Waals surface area contributed by atoms with Crippen LogP contribution in [0.25, 0.3) is 0 Å². The first-order chi connectivity index (χ1) is 5.86. The van der Waals surface area contributed by atoms with Gasteiger partial charge in [-0.25, -0.2) is 5.01 Å². The lowest BCUT2D eigenvalue weighted by atomic mass is 10.6. The minimum absolute atomic E-state index is 0.864. The molecule has 6 heteroatoms. The minimum Gasteiger partial charge on any atom is -0.327 e. The van der Waals surface area contributed by atoms with E-state index in [0.29, 0.717) is 0 Å². The highest BCUT2D eigenvalue weighted by atomic mass is 32.2. The van der Waals surface area contributed by atoms with Crippen molar-refractivity contribution in [3.05, 3.63) is 11.6 Å². The number of nitrogens with zero attached hydrogens (tertiary/aromatic N) is 2. The van der Waals surface area contributed by atoms with Gasteiger partial charge >= 0.3 is 0 Å². The number of rotatable bonds is 1. The van der Waals surface area contributed by atoms with Gasteiger partial charge in [-0.2, -0.15) is 0 Å². The number of hydrogen-bond donors (Lipinski definition) is 1. The van der Waals surface area contributed by atoms with Gasteiger partial charge in [-0.05, 0) is 11.9 Å². The molecule has 68 valence electrons. The lowest BCUT2D eigenvalue weighted by Gasteiger charge is -2.32. The van der Waals surface area contributed by atoms with E-state index in [4.69, 9.17) is 0 Å². The quantitative estimate of drug-likeness (QED) is 0.504. The molecule has 0 spiro atoms. The maximum atomic E-state index is 11.1. The van der Waals surface area contributed by atoms with E-state index in [2.05, 4.69) is 10.4 Å². The molecule has 1 saturated heterocycles. The summed E-state index contributed by atoms with van der Waals surface area (Å²) in [5, 5.41) is 4.19. The molecule has 0 unspecified atom stereocenters. The second kappa shape index (κ2) is 3.83. The second-order valence-corrected chi connectivity index (χ2v) is 5.71. The molecule has 1 fully saturated rings. The highest BCUT2D eigenvalue weighted by Crippen LogP contribution is 2.27. The highest BCUT2D eigenvalue weighted by molar-refractivity contribution is 8.00. The summed E-state index contributed by atoms with van der Waals surface area (Å²) in [6.07, 6.45) is 3.63. The third-order valence-electron chi connectivity index (χ3n) is 1.97. The third kappa shape index (κ3) is 1.85. The van der Waals surface area contributed by atoms with E-state index in [1.165, 1.54) is 0 Å². The Morgan fingerprint density at radius 2 is 2.17 bits per heavy atom. The topological polar surface area (TPSA) is 35.6 Å². The van der Waals surface area contributed by atoms with Crippen LogP contribution < -0.4 is 5.43 Å². The molecule has 0 bridgehead atoms. The molecule has 2 rings (SSSR count). The molecule has 2 aliphatic heterocycles. The summed E-state index contributed by atoms with van der Waals surface area (Å²) in [6, 6.07) is 0. The van der Waals surface area contributed by atoms with Gasteiger partial charge in [-0.15, -0.1) is 0 Å². The molecule has 0 saturated carbocycles. The van der Waals surface area contributed by atoms with Crippen molar-refractivity contribution in [3.8, 4) is 0 Å². The fraction of sp³-hybridized carbons (Fsp3) is 0.667. The van der Waals surface area contributed by atoms with E-state index in [9.17, 15) is 4.57 Å². The van der Waals surface area contributed by atoms with Crippen LogP contribution in [0.2, 0.25) is 0 Å². The summed E-state index contributed by atoms with van der Waals surface area (Å²) < 4.78 is 13.1. The molecular weight excluding hydrogens is 193 g/mol. The van der Waals surface area contributed by atoms with Crippen molar-refractivity contribution in [2.45, 2.75) is 0 Å². The molecule has 2 aliphatic rings. The van der Waals surface area contributed by atoms with E-state index in [0.717, 1.165) is 25.4 Å². The third-order valence-corrected chi connectivity index (χ3v) is 4.32. The first-order valence-electron chi connectivity index (χ1n) is 4.01. The summed E-state index contributed by atoms with van der Waals surface area (Å²) >= 11 is 1.63. The van der Waals surface area contributed by atoms with Crippen molar-refractivity contribution in [2.75, 3.05) is 25.4 Å². The van der Waals surface area contributed by atoms with Crippen LogP contribution in [0.15, 0.2) is 11.6 Å². The molecule has 1 N–H and O–H groups in total. The van der Waals surface area contributed by atoms with Gasteiger partial charge in [-0.1, -0.05) is 4.52 Å². The van der Waals surface area contributed by atoms with E-state index in [1.54, 1.807) is 11.9 Å². The van der Waals surface area contributed by atoms with Gasteiger partial charge in [-0.3, -0.25) is 0 Å². The summed E-state index contributed by atoms with van der Waals surface area (Å²) in [7, 11) is -1.23. The molecule has 0 amide bonds. The average Bonchev–Trinajstić information content (AvgIpc) is 2.58. The summed E-state index contributed by atoms with van der Waals surface area (Å²) in [4.78, 5) is 0. The largest absolute Gasteiger partial charge is 0.327 e. The van der Waals surface area contributed by atoms with Gasteiger partial charge in [0.1, 0.15) is 0 Å². The Morgan fingerprint density at radius 1 is 1.42 bits per heavy atom. The smallest absolute Gasteiger partial charge is 0.0788 e. The van der Waals surface area contributed by atoms with E-state index < -0.39 is 7.80 Å². The van der Waals surface area contributed by atoms with E-state index in [-0.39, 0.29) is 0 Å². The standard InChI is InChI=1S/C6H12N3OPS/c10-11-4-2-8(3-5-11)9-7-1-6-12-9/h1,6-7,11H,2-5H2. The van der Waals surface area contributed by atoms with Crippen LogP contribution in [-0.2, 0) is 4.57 Å². The van der Waals surface area contributed by atoms with Crippen LogP contribution in [0.3, 0.4) is 0 Å². The molecule has 0 aromatic rings. The van der Waals surface area contributed by atoms with Crippen LogP contribution in [0, 0.1) is 0 Å². The molecule has 0 radical (unpaired) electrons. The SMILES string of the molecule is O=[PH]1CCN(N2NC=CS2)CC1. The Bertz CT molecular complexity index is 205. The lowest BCUT2D eigenvalue weighted by molar-refractivity contribution is 0.0559.